The van der Waals surface area contributed by atoms with Gasteiger partial charge in [-0.15, -0.1) is 0 Å². The number of nitrogens with zero attached hydrogens (tertiary/aromatic N) is 3. The molecule has 0 aliphatic heterocycles. The summed E-state index contributed by atoms with van der Waals surface area (Å²) in [5, 5.41) is 4.19. The Morgan fingerprint density at radius 2 is 1.94 bits per heavy atom. The van der Waals surface area contributed by atoms with E-state index in [1.165, 1.54) is 0 Å². The van der Waals surface area contributed by atoms with Gasteiger partial charge in [0.2, 0.25) is 0 Å². The Morgan fingerprint density at radius 1 is 1.22 bits per heavy atom. The molecule has 0 fully saturated rings. The van der Waals surface area contributed by atoms with Gasteiger partial charge in [-0.3, -0.25) is 4.68 Å². The molecule has 1 heterocycles. The highest BCUT2D eigenvalue weighted by Crippen LogP contribution is 2.30. The fourth-order valence-corrected chi connectivity index (χ4v) is 1.69. The quantitative estimate of drug-likeness (QED) is 0.869. The van der Waals surface area contributed by atoms with E-state index in [4.69, 9.17) is 15.2 Å². The number of nitrogens with two attached hydrogens (primary N) is 1. The Kier molecular flexibility index (Phi) is 3.47. The molecule has 1 aromatic carbocycles. The summed E-state index contributed by atoms with van der Waals surface area (Å²) in [6, 6.07) is 5.14. The molecule has 0 radical (unpaired) electrons. The average Bonchev–Trinajstić information content (AvgIpc) is 2.83. The number of ether oxygens (including phenoxy) is 2. The van der Waals surface area contributed by atoms with Gasteiger partial charge in [0.05, 0.1) is 20.3 Å². The second-order valence-electron chi connectivity index (χ2n) is 3.87. The fraction of sp³-hybridized carbons (Fsp3) is 0.333. The van der Waals surface area contributed by atoms with Crippen molar-refractivity contribution in [2.45, 2.75) is 6.04 Å². The maximum Gasteiger partial charge on any atom is 0.171 e. The number of benzene rings is 1. The number of aryl methyl sites for hydroxylation is 1. The summed E-state index contributed by atoms with van der Waals surface area (Å²) < 4.78 is 12.0. The van der Waals surface area contributed by atoms with E-state index in [9.17, 15) is 0 Å². The summed E-state index contributed by atoms with van der Waals surface area (Å²) in [4.78, 5) is 4.14. The Balaban J connectivity index is 2.33. The van der Waals surface area contributed by atoms with E-state index in [-0.39, 0.29) is 6.04 Å². The summed E-state index contributed by atoms with van der Waals surface area (Å²) in [5.41, 5.74) is 6.98. The molecule has 0 bridgehead atoms. The van der Waals surface area contributed by atoms with E-state index in [0.29, 0.717) is 17.3 Å². The highest BCUT2D eigenvalue weighted by molar-refractivity contribution is 5.44. The number of hydrogen-bond donors (Lipinski definition) is 1. The van der Waals surface area contributed by atoms with Crippen LogP contribution in [-0.4, -0.2) is 29.0 Å². The molecule has 0 amide bonds. The molecule has 18 heavy (non-hydrogen) atoms. The SMILES string of the molecule is COc1ccc([C@H](N)c2ncn(C)n2)cc1OC. The zero-order valence-corrected chi connectivity index (χ0v) is 10.6. The van der Waals surface area contributed by atoms with Crippen LogP contribution in [0.3, 0.4) is 0 Å². The molecule has 0 unspecified atom stereocenters. The Hall–Kier alpha value is -2.08. The minimum Gasteiger partial charge on any atom is -0.493 e. The van der Waals surface area contributed by atoms with Crippen LogP contribution < -0.4 is 15.2 Å². The standard InChI is InChI=1S/C12H16N4O2/c1-16-7-14-12(15-16)11(13)8-4-5-9(17-2)10(6-8)18-3/h4-7,11H,13H2,1-3H3/t11-/m0/s1. The van der Waals surface area contributed by atoms with Gasteiger partial charge in [-0.25, -0.2) is 4.98 Å². The van der Waals surface area contributed by atoms with Gasteiger partial charge in [0, 0.05) is 7.05 Å². The molecule has 6 heteroatoms. The lowest BCUT2D eigenvalue weighted by atomic mass is 10.1. The molecule has 96 valence electrons. The minimum atomic E-state index is -0.383. The lowest BCUT2D eigenvalue weighted by molar-refractivity contribution is 0.354. The van der Waals surface area contributed by atoms with Gasteiger partial charge in [-0.1, -0.05) is 6.07 Å². The third kappa shape index (κ3) is 2.28. The zero-order valence-electron chi connectivity index (χ0n) is 10.6. The number of methoxy groups -OCH3 is 2. The zero-order chi connectivity index (χ0) is 13.1. The van der Waals surface area contributed by atoms with Crippen LogP contribution in [0.25, 0.3) is 0 Å². The predicted octanol–water partition coefficient (Wildman–Crippen LogP) is 0.880. The van der Waals surface area contributed by atoms with E-state index < -0.39 is 0 Å². The molecule has 2 N–H and O–H groups in total. The molecule has 1 aromatic heterocycles. The molecule has 0 aliphatic rings. The predicted molar refractivity (Wildman–Crippen MR) is 66.6 cm³/mol. The van der Waals surface area contributed by atoms with Crippen LogP contribution in [-0.2, 0) is 7.05 Å². The molecule has 0 spiro atoms. The van der Waals surface area contributed by atoms with Crippen molar-refractivity contribution >= 4 is 0 Å². The maximum atomic E-state index is 6.11. The molecule has 2 rings (SSSR count). The smallest absolute Gasteiger partial charge is 0.171 e. The van der Waals surface area contributed by atoms with Gasteiger partial charge in [0.1, 0.15) is 6.33 Å². The lowest BCUT2D eigenvalue weighted by Crippen LogP contribution is -2.14. The topological polar surface area (TPSA) is 75.2 Å². The van der Waals surface area contributed by atoms with Gasteiger partial charge in [0.15, 0.2) is 17.3 Å². The van der Waals surface area contributed by atoms with Crippen molar-refractivity contribution in [3.63, 3.8) is 0 Å². The summed E-state index contributed by atoms with van der Waals surface area (Å²) in [5.74, 6) is 1.88. The van der Waals surface area contributed by atoms with E-state index in [0.717, 1.165) is 5.56 Å². The minimum absolute atomic E-state index is 0.383. The first-order valence-electron chi connectivity index (χ1n) is 5.48. The first-order valence-corrected chi connectivity index (χ1v) is 5.48. The molecule has 0 saturated heterocycles. The molecule has 0 aliphatic carbocycles. The first-order chi connectivity index (χ1) is 8.65. The van der Waals surface area contributed by atoms with Crippen molar-refractivity contribution in [2.75, 3.05) is 14.2 Å². The Morgan fingerprint density at radius 3 is 2.50 bits per heavy atom. The van der Waals surface area contributed by atoms with Crippen molar-refractivity contribution in [1.82, 2.24) is 14.8 Å². The van der Waals surface area contributed by atoms with Gasteiger partial charge >= 0.3 is 0 Å². The number of rotatable bonds is 4. The van der Waals surface area contributed by atoms with Gasteiger partial charge in [0.25, 0.3) is 0 Å². The van der Waals surface area contributed by atoms with Crippen molar-refractivity contribution in [1.29, 1.82) is 0 Å². The Labute approximate surface area is 105 Å². The summed E-state index contributed by atoms with van der Waals surface area (Å²) in [6.07, 6.45) is 1.62. The van der Waals surface area contributed by atoms with Gasteiger partial charge < -0.3 is 15.2 Å². The summed E-state index contributed by atoms with van der Waals surface area (Å²) in [7, 11) is 4.99. The molecular weight excluding hydrogens is 232 g/mol. The molecule has 2 aromatic rings. The monoisotopic (exact) mass is 248 g/mol. The first kappa shape index (κ1) is 12.4. The van der Waals surface area contributed by atoms with Crippen LogP contribution in [0, 0.1) is 0 Å². The fourth-order valence-electron chi connectivity index (χ4n) is 1.69. The van der Waals surface area contributed by atoms with Crippen molar-refractivity contribution in [2.24, 2.45) is 12.8 Å². The third-order valence-electron chi connectivity index (χ3n) is 2.66. The Bertz CT molecular complexity index is 539. The molecule has 6 nitrogen and oxygen atoms in total. The van der Waals surface area contributed by atoms with Crippen LogP contribution in [0.5, 0.6) is 11.5 Å². The van der Waals surface area contributed by atoms with Crippen LogP contribution in [0.2, 0.25) is 0 Å². The van der Waals surface area contributed by atoms with E-state index in [1.54, 1.807) is 32.3 Å². The van der Waals surface area contributed by atoms with E-state index in [2.05, 4.69) is 10.1 Å². The molecular formula is C12H16N4O2. The molecule has 1 atom stereocenters. The summed E-state index contributed by atoms with van der Waals surface area (Å²) >= 11 is 0. The van der Waals surface area contributed by atoms with Gasteiger partial charge in [-0.2, -0.15) is 5.10 Å². The molecule has 0 saturated carbocycles. The average molecular weight is 248 g/mol. The van der Waals surface area contributed by atoms with Crippen LogP contribution >= 0.6 is 0 Å². The maximum absolute atomic E-state index is 6.11. The van der Waals surface area contributed by atoms with E-state index in [1.807, 2.05) is 18.2 Å². The van der Waals surface area contributed by atoms with Crippen molar-refractivity contribution in [3.05, 3.63) is 35.9 Å². The second kappa shape index (κ2) is 5.05. The second-order valence-corrected chi connectivity index (χ2v) is 3.87. The van der Waals surface area contributed by atoms with Crippen LogP contribution in [0.1, 0.15) is 17.4 Å². The number of hydrogen-bond acceptors (Lipinski definition) is 5. The highest BCUT2D eigenvalue weighted by atomic mass is 16.5. The van der Waals surface area contributed by atoms with Crippen molar-refractivity contribution in [3.8, 4) is 11.5 Å². The normalized spacial score (nSPS) is 12.2. The van der Waals surface area contributed by atoms with E-state index >= 15 is 0 Å². The van der Waals surface area contributed by atoms with Crippen LogP contribution in [0.15, 0.2) is 24.5 Å². The van der Waals surface area contributed by atoms with Crippen LogP contribution in [0.4, 0.5) is 0 Å². The highest BCUT2D eigenvalue weighted by Gasteiger charge is 2.15. The lowest BCUT2D eigenvalue weighted by Gasteiger charge is -2.12. The van der Waals surface area contributed by atoms with Gasteiger partial charge in [-0.05, 0) is 17.7 Å². The third-order valence-corrected chi connectivity index (χ3v) is 2.66. The number of aromatic nitrogens is 3. The summed E-state index contributed by atoms with van der Waals surface area (Å²) in [6.45, 7) is 0. The largest absolute Gasteiger partial charge is 0.493 e. The van der Waals surface area contributed by atoms with Crippen molar-refractivity contribution < 1.29 is 9.47 Å².